The Bertz CT molecular complexity index is 1320. The van der Waals surface area contributed by atoms with Gasteiger partial charge >= 0.3 is 0 Å². The van der Waals surface area contributed by atoms with E-state index < -0.39 is 6.04 Å². The van der Waals surface area contributed by atoms with E-state index in [1.54, 1.807) is 28.0 Å². The third-order valence-electron chi connectivity index (χ3n) is 6.71. The minimum absolute atomic E-state index is 0.0468. The molecule has 1 aliphatic heterocycles. The number of carbonyl (C=O) groups excluding carboxylic acids is 3. The Morgan fingerprint density at radius 2 is 1.81 bits per heavy atom. The summed E-state index contributed by atoms with van der Waals surface area (Å²) in [5.74, 6) is -0.388. The maximum Gasteiger partial charge on any atom is 0.258 e. The Morgan fingerprint density at radius 1 is 1.05 bits per heavy atom. The van der Waals surface area contributed by atoms with Crippen LogP contribution in [-0.4, -0.2) is 41.8 Å². The van der Waals surface area contributed by atoms with Gasteiger partial charge < -0.3 is 15.1 Å². The minimum atomic E-state index is -0.628. The van der Waals surface area contributed by atoms with Gasteiger partial charge in [0.1, 0.15) is 6.04 Å². The molecule has 1 unspecified atom stereocenters. The van der Waals surface area contributed by atoms with Gasteiger partial charge in [0.25, 0.3) is 5.91 Å². The van der Waals surface area contributed by atoms with Gasteiger partial charge in [-0.3, -0.25) is 14.4 Å². The Balaban J connectivity index is 1.50. The zero-order valence-corrected chi connectivity index (χ0v) is 22.6. The van der Waals surface area contributed by atoms with Gasteiger partial charge in [-0.15, -0.1) is 0 Å². The number of anilines is 1. The van der Waals surface area contributed by atoms with Gasteiger partial charge in [-0.2, -0.15) is 0 Å². The summed E-state index contributed by atoms with van der Waals surface area (Å²) in [4.78, 5) is 42.9. The van der Waals surface area contributed by atoms with E-state index in [1.807, 2.05) is 50.2 Å². The second-order valence-electron chi connectivity index (χ2n) is 9.21. The van der Waals surface area contributed by atoms with Gasteiger partial charge in [0.15, 0.2) is 0 Å². The minimum Gasteiger partial charge on any atom is -0.354 e. The molecule has 3 aromatic rings. The zero-order chi connectivity index (χ0) is 26.5. The fourth-order valence-corrected chi connectivity index (χ4v) is 5.32. The largest absolute Gasteiger partial charge is 0.354 e. The molecular weight excluding hydrogens is 509 g/mol. The van der Waals surface area contributed by atoms with Crippen LogP contribution in [0.1, 0.15) is 55.5 Å². The number of nitrogens with zero attached hydrogens (tertiary/aromatic N) is 2. The van der Waals surface area contributed by atoms with Crippen LogP contribution in [0, 0.1) is 0 Å². The molecule has 4 rings (SSSR count). The van der Waals surface area contributed by atoms with Crippen molar-refractivity contribution in [3.05, 3.63) is 75.8 Å². The molecular formula is C29H31Cl2N3O3. The fraction of sp³-hybridized carbons (Fsp3) is 0.345. The molecule has 1 heterocycles. The van der Waals surface area contributed by atoms with E-state index in [1.165, 1.54) is 0 Å². The highest BCUT2D eigenvalue weighted by molar-refractivity contribution is 6.35. The lowest BCUT2D eigenvalue weighted by atomic mass is 10.1. The average Bonchev–Trinajstić information content (AvgIpc) is 3.16. The second kappa shape index (κ2) is 12.0. The lowest BCUT2D eigenvalue weighted by molar-refractivity contribution is -0.141. The molecule has 0 saturated heterocycles. The molecule has 8 heteroatoms. The van der Waals surface area contributed by atoms with Crippen LogP contribution in [0.4, 0.5) is 5.69 Å². The molecule has 1 N–H and O–H groups in total. The van der Waals surface area contributed by atoms with E-state index in [-0.39, 0.29) is 30.7 Å². The molecule has 3 amide bonds. The first-order valence-electron chi connectivity index (χ1n) is 12.7. The summed E-state index contributed by atoms with van der Waals surface area (Å²) in [5, 5.41) is 5.85. The normalized spacial score (nSPS) is 13.2. The number of rotatable bonds is 11. The van der Waals surface area contributed by atoms with E-state index in [0.29, 0.717) is 41.5 Å². The number of benzene rings is 3. The second-order valence-corrected chi connectivity index (χ2v) is 10.1. The van der Waals surface area contributed by atoms with Crippen molar-refractivity contribution in [2.45, 2.75) is 52.1 Å². The van der Waals surface area contributed by atoms with Crippen LogP contribution in [0.2, 0.25) is 10.0 Å². The number of amides is 3. The van der Waals surface area contributed by atoms with Crippen LogP contribution in [0.15, 0.2) is 54.6 Å². The third kappa shape index (κ3) is 5.76. The first kappa shape index (κ1) is 27.0. The molecule has 0 fully saturated rings. The molecule has 1 atom stereocenters. The molecule has 6 nitrogen and oxygen atoms in total. The summed E-state index contributed by atoms with van der Waals surface area (Å²) in [6.45, 7) is 5.02. The van der Waals surface area contributed by atoms with Crippen molar-refractivity contribution in [3.8, 4) is 0 Å². The van der Waals surface area contributed by atoms with Gasteiger partial charge in [0.05, 0.1) is 5.69 Å². The van der Waals surface area contributed by atoms with Gasteiger partial charge in [-0.05, 0) is 54.5 Å². The number of carbonyl (C=O) groups is 3. The number of halogens is 2. The Labute approximate surface area is 227 Å². The molecule has 0 aliphatic carbocycles. The van der Waals surface area contributed by atoms with Crippen LogP contribution in [0.25, 0.3) is 10.8 Å². The zero-order valence-electron chi connectivity index (χ0n) is 21.1. The average molecular weight is 540 g/mol. The van der Waals surface area contributed by atoms with Crippen molar-refractivity contribution in [2.75, 3.05) is 18.0 Å². The van der Waals surface area contributed by atoms with Crippen molar-refractivity contribution < 1.29 is 14.4 Å². The van der Waals surface area contributed by atoms with Crippen molar-refractivity contribution in [1.29, 1.82) is 0 Å². The summed E-state index contributed by atoms with van der Waals surface area (Å²) >= 11 is 12.5. The SMILES string of the molecule is CCCNC(=O)C(CC)N(Cc1ccc(Cl)cc1Cl)C(=O)CCCN1C(=O)c2cccc3cccc1c23. The predicted molar refractivity (Wildman–Crippen MR) is 149 cm³/mol. The smallest absolute Gasteiger partial charge is 0.258 e. The highest BCUT2D eigenvalue weighted by Gasteiger charge is 2.31. The fourth-order valence-electron chi connectivity index (χ4n) is 4.85. The van der Waals surface area contributed by atoms with Crippen LogP contribution < -0.4 is 10.2 Å². The molecule has 0 bridgehead atoms. The number of hydrogen-bond donors (Lipinski definition) is 1. The van der Waals surface area contributed by atoms with Gasteiger partial charge in [0, 0.05) is 47.1 Å². The van der Waals surface area contributed by atoms with Gasteiger partial charge in [-0.1, -0.05) is 67.4 Å². The van der Waals surface area contributed by atoms with E-state index in [2.05, 4.69) is 5.32 Å². The summed E-state index contributed by atoms with van der Waals surface area (Å²) in [6.07, 6.45) is 1.93. The molecule has 0 saturated carbocycles. The Morgan fingerprint density at radius 3 is 2.51 bits per heavy atom. The first-order chi connectivity index (χ1) is 17.8. The predicted octanol–water partition coefficient (Wildman–Crippen LogP) is 6.22. The number of nitrogens with one attached hydrogen (secondary N) is 1. The van der Waals surface area contributed by atoms with Crippen molar-refractivity contribution in [1.82, 2.24) is 10.2 Å². The van der Waals surface area contributed by atoms with Crippen LogP contribution >= 0.6 is 23.2 Å². The monoisotopic (exact) mass is 539 g/mol. The molecule has 0 radical (unpaired) electrons. The van der Waals surface area contributed by atoms with E-state index in [9.17, 15) is 14.4 Å². The molecule has 3 aromatic carbocycles. The van der Waals surface area contributed by atoms with Crippen molar-refractivity contribution >= 4 is 57.4 Å². The van der Waals surface area contributed by atoms with Crippen LogP contribution in [0.5, 0.6) is 0 Å². The van der Waals surface area contributed by atoms with Gasteiger partial charge in [0.2, 0.25) is 11.8 Å². The molecule has 0 aromatic heterocycles. The highest BCUT2D eigenvalue weighted by atomic mass is 35.5. The Kier molecular flexibility index (Phi) is 8.72. The van der Waals surface area contributed by atoms with E-state index in [4.69, 9.17) is 23.2 Å². The third-order valence-corrected chi connectivity index (χ3v) is 7.30. The Hall–Kier alpha value is -3.09. The molecule has 1 aliphatic rings. The summed E-state index contributed by atoms with van der Waals surface area (Å²) in [7, 11) is 0. The van der Waals surface area contributed by atoms with Gasteiger partial charge in [-0.25, -0.2) is 0 Å². The molecule has 0 spiro atoms. The molecule has 194 valence electrons. The van der Waals surface area contributed by atoms with E-state index >= 15 is 0 Å². The maximum absolute atomic E-state index is 13.5. The summed E-state index contributed by atoms with van der Waals surface area (Å²) in [6, 6.07) is 16.1. The molecule has 37 heavy (non-hydrogen) atoms. The van der Waals surface area contributed by atoms with Crippen LogP contribution in [0.3, 0.4) is 0 Å². The highest BCUT2D eigenvalue weighted by Crippen LogP contribution is 2.37. The van der Waals surface area contributed by atoms with Crippen LogP contribution in [-0.2, 0) is 16.1 Å². The lowest BCUT2D eigenvalue weighted by Gasteiger charge is -2.31. The number of hydrogen-bond acceptors (Lipinski definition) is 3. The topological polar surface area (TPSA) is 69.7 Å². The summed E-state index contributed by atoms with van der Waals surface area (Å²) < 4.78 is 0. The van der Waals surface area contributed by atoms with Crippen molar-refractivity contribution in [2.24, 2.45) is 0 Å². The van der Waals surface area contributed by atoms with Crippen molar-refractivity contribution in [3.63, 3.8) is 0 Å². The quantitative estimate of drug-likeness (QED) is 0.314. The maximum atomic E-state index is 13.5. The summed E-state index contributed by atoms with van der Waals surface area (Å²) in [5.41, 5.74) is 2.29. The lowest BCUT2D eigenvalue weighted by Crippen LogP contribution is -2.49. The first-order valence-corrected chi connectivity index (χ1v) is 13.5. The van der Waals surface area contributed by atoms with E-state index in [0.717, 1.165) is 28.4 Å². The standard InChI is InChI=1S/C29H31Cl2N3O3/c1-3-15-32-28(36)24(4-2)34(18-20-13-14-21(30)17-23(20)31)26(35)12-7-16-33-25-11-6-9-19-8-5-10-22(27(19)25)29(33)37/h5-6,8-11,13-14,17,24H,3-4,7,12,15-16,18H2,1-2H3,(H,32,36).